The smallest absolute Gasteiger partial charge is 0.149 e. The van der Waals surface area contributed by atoms with Crippen LogP contribution in [0.1, 0.15) is 38.8 Å². The molecule has 0 fully saturated rings. The van der Waals surface area contributed by atoms with Crippen LogP contribution in [0.15, 0.2) is 53.7 Å². The Bertz CT molecular complexity index is 1070. The van der Waals surface area contributed by atoms with Gasteiger partial charge in [0.25, 0.3) is 0 Å². The van der Waals surface area contributed by atoms with Crippen LogP contribution in [0.2, 0.25) is 0 Å². The van der Waals surface area contributed by atoms with Gasteiger partial charge in [0.2, 0.25) is 0 Å². The third kappa shape index (κ3) is 2.78. The van der Waals surface area contributed by atoms with Crippen LogP contribution in [-0.2, 0) is 0 Å². The Balaban J connectivity index is 1.97. The summed E-state index contributed by atoms with van der Waals surface area (Å²) in [5.41, 5.74) is 2.37. The minimum Gasteiger partial charge on any atom is -0.342 e. The summed E-state index contributed by atoms with van der Waals surface area (Å²) >= 11 is 0. The lowest BCUT2D eigenvalue weighted by atomic mass is 9.94. The molecule has 1 aromatic heterocycles. The van der Waals surface area contributed by atoms with Crippen LogP contribution in [0.3, 0.4) is 0 Å². The Kier molecular flexibility index (Phi) is 3.98. The van der Waals surface area contributed by atoms with Gasteiger partial charge >= 0.3 is 0 Å². The summed E-state index contributed by atoms with van der Waals surface area (Å²) in [6.45, 7) is 7.99. The summed E-state index contributed by atoms with van der Waals surface area (Å²) in [6.07, 6.45) is 1.61. The quantitative estimate of drug-likeness (QED) is 0.615. The van der Waals surface area contributed by atoms with E-state index in [9.17, 15) is 8.78 Å². The molecular weight excluding hydrogens is 344 g/mol. The lowest BCUT2D eigenvalue weighted by Gasteiger charge is -2.45. The maximum Gasteiger partial charge on any atom is 0.149 e. The van der Waals surface area contributed by atoms with Crippen molar-refractivity contribution in [3.63, 3.8) is 0 Å². The van der Waals surface area contributed by atoms with Crippen molar-refractivity contribution >= 4 is 22.3 Å². The van der Waals surface area contributed by atoms with E-state index >= 15 is 0 Å². The second-order valence-corrected chi connectivity index (χ2v) is 7.59. The van der Waals surface area contributed by atoms with Crippen LogP contribution in [0.25, 0.3) is 10.9 Å². The van der Waals surface area contributed by atoms with Crippen LogP contribution in [0.5, 0.6) is 0 Å². The number of aliphatic imine (C=N–C) groups is 1. The number of pyridine rings is 1. The van der Waals surface area contributed by atoms with E-state index in [-0.39, 0.29) is 17.7 Å². The van der Waals surface area contributed by atoms with Crippen molar-refractivity contribution in [2.75, 3.05) is 4.90 Å². The summed E-state index contributed by atoms with van der Waals surface area (Å²) in [5.74, 6) is -0.635. The number of hydrogen-bond acceptors (Lipinski definition) is 3. The van der Waals surface area contributed by atoms with E-state index in [1.54, 1.807) is 18.3 Å². The monoisotopic (exact) mass is 365 g/mol. The molecule has 0 bridgehead atoms. The number of halogens is 2. The van der Waals surface area contributed by atoms with E-state index in [1.165, 1.54) is 12.1 Å². The highest BCUT2D eigenvalue weighted by Crippen LogP contribution is 2.39. The maximum absolute atomic E-state index is 14.9. The molecule has 2 aromatic carbocycles. The SMILES string of the molecule is CC(C)N1c2c(F)cccc2C(c2cnc3c(F)cccc3c2)=NC1(C)C. The second kappa shape index (κ2) is 6.12. The van der Waals surface area contributed by atoms with E-state index in [2.05, 4.69) is 4.98 Å². The highest BCUT2D eigenvalue weighted by Gasteiger charge is 2.37. The van der Waals surface area contributed by atoms with Crippen LogP contribution >= 0.6 is 0 Å². The molecule has 5 heteroatoms. The highest BCUT2D eigenvalue weighted by atomic mass is 19.1. The highest BCUT2D eigenvalue weighted by molar-refractivity contribution is 6.18. The average molecular weight is 365 g/mol. The lowest BCUT2D eigenvalue weighted by molar-refractivity contribution is 0.432. The number of para-hydroxylation sites is 2. The van der Waals surface area contributed by atoms with Gasteiger partial charge < -0.3 is 4.90 Å². The van der Waals surface area contributed by atoms with Gasteiger partial charge in [-0.25, -0.2) is 8.78 Å². The van der Waals surface area contributed by atoms with Gasteiger partial charge in [0, 0.05) is 28.8 Å². The molecule has 4 rings (SSSR count). The zero-order valence-electron chi connectivity index (χ0n) is 15.8. The molecule has 0 amide bonds. The van der Waals surface area contributed by atoms with Gasteiger partial charge in [-0.2, -0.15) is 0 Å². The molecule has 0 atom stereocenters. The number of aromatic nitrogens is 1. The molecule has 0 saturated carbocycles. The van der Waals surface area contributed by atoms with E-state index in [0.29, 0.717) is 22.3 Å². The van der Waals surface area contributed by atoms with Gasteiger partial charge in [0.1, 0.15) is 22.8 Å². The Hall–Kier alpha value is -2.82. The zero-order valence-corrected chi connectivity index (χ0v) is 15.8. The second-order valence-electron chi connectivity index (χ2n) is 7.59. The van der Waals surface area contributed by atoms with Crippen molar-refractivity contribution in [2.24, 2.45) is 4.99 Å². The predicted molar refractivity (Wildman–Crippen MR) is 105 cm³/mol. The summed E-state index contributed by atoms with van der Waals surface area (Å²) in [4.78, 5) is 11.2. The van der Waals surface area contributed by atoms with Crippen molar-refractivity contribution in [2.45, 2.75) is 39.4 Å². The van der Waals surface area contributed by atoms with Gasteiger partial charge in [-0.1, -0.05) is 24.3 Å². The topological polar surface area (TPSA) is 28.5 Å². The third-order valence-corrected chi connectivity index (χ3v) is 4.91. The molecule has 0 saturated heterocycles. The average Bonchev–Trinajstić information content (AvgIpc) is 2.61. The molecule has 138 valence electrons. The maximum atomic E-state index is 14.9. The lowest BCUT2D eigenvalue weighted by Crippen LogP contribution is -2.51. The predicted octanol–water partition coefficient (Wildman–Crippen LogP) is 5.31. The van der Waals surface area contributed by atoms with E-state index < -0.39 is 5.66 Å². The molecule has 2 heterocycles. The summed E-state index contributed by atoms with van der Waals surface area (Å²) in [7, 11) is 0. The van der Waals surface area contributed by atoms with Crippen molar-refractivity contribution in [3.05, 3.63) is 71.4 Å². The Morgan fingerprint density at radius 3 is 2.44 bits per heavy atom. The molecule has 1 aliphatic heterocycles. The molecule has 0 unspecified atom stereocenters. The zero-order chi connectivity index (χ0) is 19.3. The molecule has 27 heavy (non-hydrogen) atoms. The number of hydrogen-bond donors (Lipinski definition) is 0. The number of nitrogens with zero attached hydrogens (tertiary/aromatic N) is 3. The number of rotatable bonds is 2. The first-order chi connectivity index (χ1) is 12.8. The van der Waals surface area contributed by atoms with Gasteiger partial charge in [0.15, 0.2) is 0 Å². The fourth-order valence-electron chi connectivity index (χ4n) is 3.98. The molecule has 0 N–H and O–H groups in total. The van der Waals surface area contributed by atoms with E-state index in [0.717, 1.165) is 11.1 Å². The Morgan fingerprint density at radius 1 is 1.00 bits per heavy atom. The largest absolute Gasteiger partial charge is 0.342 e. The minimum atomic E-state index is -0.629. The normalized spacial score (nSPS) is 15.8. The third-order valence-electron chi connectivity index (χ3n) is 4.91. The summed E-state index contributed by atoms with van der Waals surface area (Å²) in [6, 6.07) is 11.8. The van der Waals surface area contributed by atoms with Crippen molar-refractivity contribution in [3.8, 4) is 0 Å². The fourth-order valence-corrected chi connectivity index (χ4v) is 3.98. The first-order valence-corrected chi connectivity index (χ1v) is 9.02. The van der Waals surface area contributed by atoms with Crippen molar-refractivity contribution in [1.82, 2.24) is 4.98 Å². The van der Waals surface area contributed by atoms with E-state index in [4.69, 9.17) is 4.99 Å². The van der Waals surface area contributed by atoms with Crippen molar-refractivity contribution < 1.29 is 8.78 Å². The van der Waals surface area contributed by atoms with Gasteiger partial charge in [-0.3, -0.25) is 9.98 Å². The van der Waals surface area contributed by atoms with Crippen LogP contribution < -0.4 is 4.90 Å². The summed E-state index contributed by atoms with van der Waals surface area (Å²) < 4.78 is 28.8. The molecule has 3 nitrogen and oxygen atoms in total. The number of benzene rings is 2. The number of fused-ring (bicyclic) bond motifs is 2. The molecule has 0 aliphatic carbocycles. The molecule has 1 aliphatic rings. The van der Waals surface area contributed by atoms with Crippen LogP contribution in [0.4, 0.5) is 14.5 Å². The molecule has 3 aromatic rings. The molecule has 0 spiro atoms. The van der Waals surface area contributed by atoms with Gasteiger partial charge in [-0.05, 0) is 45.9 Å². The minimum absolute atomic E-state index is 0.0739. The van der Waals surface area contributed by atoms with Crippen LogP contribution in [-0.4, -0.2) is 22.4 Å². The van der Waals surface area contributed by atoms with Crippen molar-refractivity contribution in [1.29, 1.82) is 0 Å². The first-order valence-electron chi connectivity index (χ1n) is 9.02. The van der Waals surface area contributed by atoms with E-state index in [1.807, 2.05) is 50.8 Å². The summed E-state index contributed by atoms with van der Waals surface area (Å²) in [5, 5.41) is 0.692. The standard InChI is InChI=1S/C22H21F2N3/c1-13(2)27-21-16(8-6-10-18(21)24)19(26-22(27,3)4)15-11-14-7-5-9-17(23)20(14)25-12-15/h5-13H,1-4H3. The van der Waals surface area contributed by atoms with Gasteiger partial charge in [0.05, 0.1) is 11.4 Å². The molecule has 0 radical (unpaired) electrons. The van der Waals surface area contributed by atoms with Gasteiger partial charge in [-0.15, -0.1) is 0 Å². The molecular formula is C22H21F2N3. The number of anilines is 1. The Labute approximate surface area is 157 Å². The fraction of sp³-hybridized carbons (Fsp3) is 0.273. The van der Waals surface area contributed by atoms with Crippen LogP contribution in [0, 0.1) is 11.6 Å². The first kappa shape index (κ1) is 17.6. The Morgan fingerprint density at radius 2 is 1.70 bits per heavy atom.